The van der Waals surface area contributed by atoms with E-state index >= 15 is 0 Å². The van der Waals surface area contributed by atoms with Crippen molar-refractivity contribution in [2.75, 3.05) is 38.0 Å². The molecule has 0 bridgehead atoms. The molecule has 10 heteroatoms. The number of amides is 1. The van der Waals surface area contributed by atoms with E-state index < -0.39 is 10.0 Å². The highest BCUT2D eigenvalue weighted by Gasteiger charge is 2.23. The van der Waals surface area contributed by atoms with Gasteiger partial charge in [-0.3, -0.25) is 14.4 Å². The van der Waals surface area contributed by atoms with Crippen molar-refractivity contribution in [3.8, 4) is 5.75 Å². The lowest BCUT2D eigenvalue weighted by Crippen LogP contribution is -2.48. The molecule has 1 aliphatic heterocycles. The molecule has 1 aromatic heterocycles. The van der Waals surface area contributed by atoms with Crippen molar-refractivity contribution in [2.24, 2.45) is 0 Å². The third-order valence-corrected chi connectivity index (χ3v) is 7.03. The van der Waals surface area contributed by atoms with E-state index in [1.807, 2.05) is 17.0 Å². The summed E-state index contributed by atoms with van der Waals surface area (Å²) < 4.78 is 32.9. The summed E-state index contributed by atoms with van der Waals surface area (Å²) in [5.74, 6) is 1.11. The van der Waals surface area contributed by atoms with Crippen molar-refractivity contribution in [3.05, 3.63) is 77.9 Å². The lowest BCUT2D eigenvalue weighted by atomic mass is 10.2. The topological polar surface area (TPSA) is 105 Å². The van der Waals surface area contributed by atoms with Gasteiger partial charge in [-0.05, 0) is 55.0 Å². The summed E-state index contributed by atoms with van der Waals surface area (Å²) in [6.07, 6.45) is 1.60. The zero-order chi connectivity index (χ0) is 24.1. The minimum Gasteiger partial charge on any atom is -0.497 e. The number of piperazine rings is 1. The second kappa shape index (κ2) is 10.2. The Bertz CT molecular complexity index is 1240. The van der Waals surface area contributed by atoms with E-state index in [2.05, 4.69) is 19.6 Å². The minimum atomic E-state index is -3.68. The van der Waals surface area contributed by atoms with Gasteiger partial charge in [-0.1, -0.05) is 12.1 Å². The summed E-state index contributed by atoms with van der Waals surface area (Å²) in [6.45, 7) is 5.25. The van der Waals surface area contributed by atoms with Crippen LogP contribution in [0.4, 0.5) is 5.69 Å². The van der Waals surface area contributed by atoms with Crippen LogP contribution in [-0.2, 0) is 16.6 Å². The number of carbonyl (C=O) groups excluding carboxylic acids is 1. The number of nitrogens with zero attached hydrogens (tertiary/aromatic N) is 4. The largest absolute Gasteiger partial charge is 0.497 e. The summed E-state index contributed by atoms with van der Waals surface area (Å²) >= 11 is 0. The van der Waals surface area contributed by atoms with E-state index in [0.717, 1.165) is 25.2 Å². The molecule has 0 spiro atoms. The average Bonchev–Trinajstić information content (AvgIpc) is 2.85. The predicted octanol–water partition coefficient (Wildman–Crippen LogP) is 2.55. The Morgan fingerprint density at radius 2 is 1.68 bits per heavy atom. The molecule has 34 heavy (non-hydrogen) atoms. The highest BCUT2D eigenvalue weighted by Crippen LogP contribution is 2.20. The quantitative estimate of drug-likeness (QED) is 0.553. The van der Waals surface area contributed by atoms with Crippen LogP contribution in [0.2, 0.25) is 0 Å². The molecule has 4 rings (SSSR count). The predicted molar refractivity (Wildman–Crippen MR) is 128 cm³/mol. The fourth-order valence-electron chi connectivity index (χ4n) is 3.75. The van der Waals surface area contributed by atoms with Crippen LogP contribution in [0.25, 0.3) is 0 Å². The van der Waals surface area contributed by atoms with Gasteiger partial charge in [0.2, 0.25) is 0 Å². The van der Waals surface area contributed by atoms with Gasteiger partial charge in [0.15, 0.2) is 0 Å². The number of nitrogens with one attached hydrogen (secondary N) is 1. The van der Waals surface area contributed by atoms with Gasteiger partial charge in [0.1, 0.15) is 17.3 Å². The molecule has 2 heterocycles. The van der Waals surface area contributed by atoms with E-state index in [1.54, 1.807) is 43.5 Å². The number of rotatable bonds is 7. The Morgan fingerprint density at radius 3 is 2.29 bits per heavy atom. The number of aryl methyl sites for hydroxylation is 1. The molecule has 0 atom stereocenters. The molecule has 178 valence electrons. The van der Waals surface area contributed by atoms with Gasteiger partial charge in [-0.15, -0.1) is 0 Å². The number of sulfonamides is 1. The number of benzene rings is 2. The molecule has 1 N–H and O–H groups in total. The number of anilines is 1. The Labute approximate surface area is 199 Å². The van der Waals surface area contributed by atoms with Crippen LogP contribution in [0, 0.1) is 6.92 Å². The van der Waals surface area contributed by atoms with Gasteiger partial charge in [-0.2, -0.15) is 0 Å². The summed E-state index contributed by atoms with van der Waals surface area (Å²) in [4.78, 5) is 25.2. The number of hydrogen-bond donors (Lipinski definition) is 1. The van der Waals surface area contributed by atoms with Crippen LogP contribution < -0.4 is 9.46 Å². The van der Waals surface area contributed by atoms with E-state index in [0.29, 0.717) is 36.0 Å². The Hall–Kier alpha value is -3.50. The van der Waals surface area contributed by atoms with Gasteiger partial charge < -0.3 is 9.64 Å². The van der Waals surface area contributed by atoms with Crippen molar-refractivity contribution in [3.63, 3.8) is 0 Å². The summed E-state index contributed by atoms with van der Waals surface area (Å²) in [6, 6.07) is 15.2. The maximum Gasteiger partial charge on any atom is 0.272 e. The third kappa shape index (κ3) is 5.70. The first-order valence-electron chi connectivity index (χ1n) is 10.9. The third-order valence-electron chi connectivity index (χ3n) is 5.64. The first-order chi connectivity index (χ1) is 16.3. The second-order valence-electron chi connectivity index (χ2n) is 8.04. The zero-order valence-corrected chi connectivity index (χ0v) is 20.0. The normalized spacial score (nSPS) is 14.6. The maximum absolute atomic E-state index is 12.7. The highest BCUT2D eigenvalue weighted by atomic mass is 32.2. The van der Waals surface area contributed by atoms with Gasteiger partial charge in [0, 0.05) is 44.6 Å². The molecule has 1 aliphatic rings. The minimum absolute atomic E-state index is 0.0707. The SMILES string of the molecule is COc1ccc(S(=O)(=O)Nc2ccc(CN3CCN(C(=O)c4ccnc(C)n4)CC3)cc2)cc1. The van der Waals surface area contributed by atoms with E-state index in [1.165, 1.54) is 19.2 Å². The van der Waals surface area contributed by atoms with Crippen LogP contribution in [0.1, 0.15) is 21.9 Å². The fourth-order valence-corrected chi connectivity index (χ4v) is 4.81. The lowest BCUT2D eigenvalue weighted by molar-refractivity contribution is 0.0622. The second-order valence-corrected chi connectivity index (χ2v) is 9.72. The Kier molecular flexibility index (Phi) is 7.09. The average molecular weight is 482 g/mol. The number of ether oxygens (including phenoxy) is 1. The number of carbonyl (C=O) groups is 1. The summed E-state index contributed by atoms with van der Waals surface area (Å²) in [5, 5.41) is 0. The van der Waals surface area contributed by atoms with Crippen LogP contribution >= 0.6 is 0 Å². The lowest BCUT2D eigenvalue weighted by Gasteiger charge is -2.34. The summed E-state index contributed by atoms with van der Waals surface area (Å²) in [5.41, 5.74) is 1.99. The smallest absolute Gasteiger partial charge is 0.272 e. The molecule has 2 aromatic carbocycles. The standard InChI is InChI=1S/C24H27N5O4S/c1-18-25-12-11-23(26-18)24(30)29-15-13-28(14-16-29)17-19-3-5-20(6-4-19)27-34(31,32)22-9-7-21(33-2)8-10-22/h3-12,27H,13-17H2,1-2H3. The number of hydrogen-bond acceptors (Lipinski definition) is 7. The highest BCUT2D eigenvalue weighted by molar-refractivity contribution is 7.92. The van der Waals surface area contributed by atoms with Gasteiger partial charge in [0.25, 0.3) is 15.9 Å². The molecular weight excluding hydrogens is 454 g/mol. The fraction of sp³-hybridized carbons (Fsp3) is 0.292. The Balaban J connectivity index is 1.30. The first-order valence-corrected chi connectivity index (χ1v) is 12.4. The molecule has 0 saturated carbocycles. The van der Waals surface area contributed by atoms with Crippen molar-refractivity contribution in [2.45, 2.75) is 18.4 Å². The van der Waals surface area contributed by atoms with Crippen molar-refractivity contribution >= 4 is 21.6 Å². The first kappa shape index (κ1) is 23.7. The van der Waals surface area contributed by atoms with E-state index in [9.17, 15) is 13.2 Å². The van der Waals surface area contributed by atoms with Crippen molar-refractivity contribution in [1.82, 2.24) is 19.8 Å². The molecule has 1 fully saturated rings. The number of aromatic nitrogens is 2. The maximum atomic E-state index is 12.7. The van der Waals surface area contributed by atoms with Crippen LogP contribution in [0.3, 0.4) is 0 Å². The van der Waals surface area contributed by atoms with Crippen molar-refractivity contribution < 1.29 is 17.9 Å². The molecule has 3 aromatic rings. The molecule has 0 aliphatic carbocycles. The number of methoxy groups -OCH3 is 1. The summed E-state index contributed by atoms with van der Waals surface area (Å²) in [7, 11) is -2.15. The monoisotopic (exact) mass is 481 g/mol. The molecule has 0 unspecified atom stereocenters. The molecule has 0 radical (unpaired) electrons. The van der Waals surface area contributed by atoms with E-state index in [-0.39, 0.29) is 10.8 Å². The molecule has 9 nitrogen and oxygen atoms in total. The molecular formula is C24H27N5O4S. The Morgan fingerprint density at radius 1 is 1.00 bits per heavy atom. The zero-order valence-electron chi connectivity index (χ0n) is 19.1. The van der Waals surface area contributed by atoms with Gasteiger partial charge in [0.05, 0.1) is 12.0 Å². The van der Waals surface area contributed by atoms with Crippen LogP contribution in [0.15, 0.2) is 65.7 Å². The molecule has 1 amide bonds. The van der Waals surface area contributed by atoms with Crippen LogP contribution in [-0.4, -0.2) is 67.4 Å². The molecule has 1 saturated heterocycles. The van der Waals surface area contributed by atoms with E-state index in [4.69, 9.17) is 4.74 Å². The van der Waals surface area contributed by atoms with Crippen molar-refractivity contribution in [1.29, 1.82) is 0 Å². The van der Waals surface area contributed by atoms with Crippen LogP contribution in [0.5, 0.6) is 5.75 Å². The van der Waals surface area contributed by atoms with Gasteiger partial charge >= 0.3 is 0 Å². The van der Waals surface area contributed by atoms with Gasteiger partial charge in [-0.25, -0.2) is 18.4 Å².